The first kappa shape index (κ1) is 13.3. The van der Waals surface area contributed by atoms with E-state index in [1.165, 1.54) is 0 Å². The van der Waals surface area contributed by atoms with Gasteiger partial charge in [-0.2, -0.15) is 0 Å². The van der Waals surface area contributed by atoms with E-state index >= 15 is 0 Å². The maximum atomic E-state index is 11.7. The lowest BCUT2D eigenvalue weighted by Crippen LogP contribution is -2.38. The summed E-state index contributed by atoms with van der Waals surface area (Å²) < 4.78 is 5.13. The molecule has 2 rings (SSSR count). The Morgan fingerprint density at radius 2 is 2.00 bits per heavy atom. The van der Waals surface area contributed by atoms with Crippen molar-refractivity contribution >= 4 is 18.6 Å². The van der Waals surface area contributed by atoms with E-state index in [-0.39, 0.29) is 0 Å². The summed E-state index contributed by atoms with van der Waals surface area (Å²) in [7, 11) is 1.59. The second-order valence-electron chi connectivity index (χ2n) is 4.83. The number of hydrogen-bond donors (Lipinski definition) is 2. The Labute approximate surface area is 113 Å². The van der Waals surface area contributed by atoms with Crippen LogP contribution in [0.2, 0.25) is 0 Å². The van der Waals surface area contributed by atoms with Crippen molar-refractivity contribution in [2.24, 2.45) is 0 Å². The van der Waals surface area contributed by atoms with Crippen molar-refractivity contribution in [3.05, 3.63) is 23.8 Å². The van der Waals surface area contributed by atoms with Crippen molar-refractivity contribution in [2.75, 3.05) is 7.11 Å². The molecule has 0 aliphatic heterocycles. The van der Waals surface area contributed by atoms with Crippen LogP contribution in [0.3, 0.4) is 0 Å². The van der Waals surface area contributed by atoms with Gasteiger partial charge in [0.1, 0.15) is 5.75 Å². The first-order valence-corrected chi connectivity index (χ1v) is 6.66. The molecule has 0 unspecified atom stereocenters. The number of rotatable bonds is 3. The molecule has 1 aliphatic rings. The highest BCUT2D eigenvalue weighted by molar-refractivity contribution is 7.80. The lowest BCUT2D eigenvalue weighted by atomic mass is 9.69. The fourth-order valence-corrected chi connectivity index (χ4v) is 3.21. The Balaban J connectivity index is 2.45. The van der Waals surface area contributed by atoms with Gasteiger partial charge in [0, 0.05) is 4.90 Å². The highest BCUT2D eigenvalue weighted by Gasteiger charge is 2.42. The molecule has 1 saturated carbocycles. The zero-order valence-electron chi connectivity index (χ0n) is 10.5. The Morgan fingerprint density at radius 3 is 2.50 bits per heavy atom. The zero-order chi connectivity index (χ0) is 13.2. The molecule has 4 heteroatoms. The van der Waals surface area contributed by atoms with Crippen LogP contribution in [0.4, 0.5) is 0 Å². The van der Waals surface area contributed by atoms with Crippen molar-refractivity contribution < 1.29 is 14.6 Å². The molecular formula is C14H18O3S. The lowest BCUT2D eigenvalue weighted by Gasteiger charge is -2.34. The van der Waals surface area contributed by atoms with Crippen LogP contribution in [-0.2, 0) is 10.2 Å². The molecule has 0 atom stereocenters. The molecule has 0 radical (unpaired) electrons. The molecule has 0 amide bonds. The van der Waals surface area contributed by atoms with Crippen LogP contribution in [0, 0.1) is 0 Å². The average molecular weight is 266 g/mol. The molecule has 18 heavy (non-hydrogen) atoms. The standard InChI is InChI=1S/C14H18O3S/c1-17-10-5-6-11(12(18)9-10)14(13(15)16)7-3-2-4-8-14/h5-6,9,18H,2-4,7-8H2,1H3,(H,15,16). The quantitative estimate of drug-likeness (QED) is 0.825. The van der Waals surface area contributed by atoms with Crippen LogP contribution in [0.1, 0.15) is 37.7 Å². The van der Waals surface area contributed by atoms with E-state index in [0.29, 0.717) is 23.5 Å². The Bertz CT molecular complexity index is 450. The summed E-state index contributed by atoms with van der Waals surface area (Å²) in [6, 6.07) is 5.45. The number of carboxylic acids is 1. The smallest absolute Gasteiger partial charge is 0.314 e. The summed E-state index contributed by atoms with van der Waals surface area (Å²) >= 11 is 4.44. The average Bonchev–Trinajstić information content (AvgIpc) is 2.39. The lowest BCUT2D eigenvalue weighted by molar-refractivity contribution is -0.145. The highest BCUT2D eigenvalue weighted by Crippen LogP contribution is 2.42. The van der Waals surface area contributed by atoms with Gasteiger partial charge in [-0.3, -0.25) is 4.79 Å². The minimum Gasteiger partial charge on any atom is -0.497 e. The van der Waals surface area contributed by atoms with Crippen molar-refractivity contribution in [2.45, 2.75) is 42.4 Å². The van der Waals surface area contributed by atoms with E-state index in [2.05, 4.69) is 12.6 Å². The number of ether oxygens (including phenoxy) is 1. The summed E-state index contributed by atoms with van der Waals surface area (Å²) in [5.74, 6) is -0.0252. The number of thiol groups is 1. The van der Waals surface area contributed by atoms with Crippen LogP contribution >= 0.6 is 12.6 Å². The van der Waals surface area contributed by atoms with E-state index in [9.17, 15) is 9.90 Å². The molecule has 0 heterocycles. The van der Waals surface area contributed by atoms with Crippen molar-refractivity contribution in [1.82, 2.24) is 0 Å². The minimum atomic E-state index is -0.762. The molecule has 3 nitrogen and oxygen atoms in total. The summed E-state index contributed by atoms with van der Waals surface area (Å²) in [4.78, 5) is 12.4. The summed E-state index contributed by atoms with van der Waals surface area (Å²) in [6.45, 7) is 0. The summed E-state index contributed by atoms with van der Waals surface area (Å²) in [6.07, 6.45) is 4.44. The van der Waals surface area contributed by atoms with Crippen LogP contribution in [0.25, 0.3) is 0 Å². The summed E-state index contributed by atoms with van der Waals surface area (Å²) in [5.41, 5.74) is 0.0561. The Hall–Kier alpha value is -1.16. The predicted octanol–water partition coefficient (Wildman–Crippen LogP) is 3.27. The van der Waals surface area contributed by atoms with Gasteiger partial charge in [-0.15, -0.1) is 12.6 Å². The maximum absolute atomic E-state index is 11.7. The molecule has 1 fully saturated rings. The number of carbonyl (C=O) groups is 1. The van der Waals surface area contributed by atoms with Crippen LogP contribution in [0.5, 0.6) is 5.75 Å². The second kappa shape index (κ2) is 5.22. The van der Waals surface area contributed by atoms with Crippen LogP contribution in [-0.4, -0.2) is 18.2 Å². The monoisotopic (exact) mass is 266 g/mol. The Kier molecular flexibility index (Phi) is 3.85. The van der Waals surface area contributed by atoms with Crippen molar-refractivity contribution in [3.63, 3.8) is 0 Å². The predicted molar refractivity (Wildman–Crippen MR) is 72.6 cm³/mol. The van der Waals surface area contributed by atoms with Gasteiger partial charge in [0.15, 0.2) is 0 Å². The number of carboxylic acid groups (broad SMARTS) is 1. The molecule has 1 aliphatic carbocycles. The van der Waals surface area contributed by atoms with E-state index in [1.807, 2.05) is 12.1 Å². The normalized spacial score (nSPS) is 18.3. The zero-order valence-corrected chi connectivity index (χ0v) is 11.4. The van der Waals surface area contributed by atoms with Crippen molar-refractivity contribution in [3.8, 4) is 5.75 Å². The topological polar surface area (TPSA) is 46.5 Å². The minimum absolute atomic E-state index is 0.697. The second-order valence-corrected chi connectivity index (χ2v) is 5.31. The molecule has 0 bridgehead atoms. The number of hydrogen-bond acceptors (Lipinski definition) is 3. The maximum Gasteiger partial charge on any atom is 0.314 e. The van der Waals surface area contributed by atoms with Gasteiger partial charge in [-0.25, -0.2) is 0 Å². The molecule has 98 valence electrons. The van der Waals surface area contributed by atoms with E-state index in [0.717, 1.165) is 24.8 Å². The molecular weight excluding hydrogens is 248 g/mol. The largest absolute Gasteiger partial charge is 0.497 e. The van der Waals surface area contributed by atoms with Crippen LogP contribution < -0.4 is 4.74 Å². The number of aliphatic carboxylic acids is 1. The van der Waals surface area contributed by atoms with Gasteiger partial charge in [-0.05, 0) is 30.5 Å². The van der Waals surface area contributed by atoms with Gasteiger partial charge >= 0.3 is 5.97 Å². The SMILES string of the molecule is COc1ccc(C2(C(=O)O)CCCCC2)c(S)c1. The molecule has 0 saturated heterocycles. The molecule has 1 aromatic rings. The highest BCUT2D eigenvalue weighted by atomic mass is 32.1. The van der Waals surface area contributed by atoms with E-state index in [1.54, 1.807) is 13.2 Å². The molecule has 0 spiro atoms. The van der Waals surface area contributed by atoms with Crippen LogP contribution in [0.15, 0.2) is 23.1 Å². The van der Waals surface area contributed by atoms with Gasteiger partial charge < -0.3 is 9.84 Å². The van der Waals surface area contributed by atoms with Gasteiger partial charge in [0.25, 0.3) is 0 Å². The Morgan fingerprint density at radius 1 is 1.33 bits per heavy atom. The molecule has 1 N–H and O–H groups in total. The van der Waals surface area contributed by atoms with E-state index in [4.69, 9.17) is 4.74 Å². The third kappa shape index (κ3) is 2.21. The third-order valence-electron chi connectivity index (χ3n) is 3.84. The van der Waals surface area contributed by atoms with Crippen molar-refractivity contribution in [1.29, 1.82) is 0 Å². The molecule has 1 aromatic carbocycles. The number of benzene rings is 1. The van der Waals surface area contributed by atoms with E-state index < -0.39 is 11.4 Å². The van der Waals surface area contributed by atoms with Gasteiger partial charge in [0.2, 0.25) is 0 Å². The van der Waals surface area contributed by atoms with Gasteiger partial charge in [0.05, 0.1) is 12.5 Å². The fraction of sp³-hybridized carbons (Fsp3) is 0.500. The van der Waals surface area contributed by atoms with Gasteiger partial charge in [-0.1, -0.05) is 25.3 Å². The third-order valence-corrected chi connectivity index (χ3v) is 4.21. The first-order chi connectivity index (χ1) is 8.60. The molecule has 0 aromatic heterocycles. The first-order valence-electron chi connectivity index (χ1n) is 6.21. The fourth-order valence-electron chi connectivity index (χ4n) is 2.80. The summed E-state index contributed by atoms with van der Waals surface area (Å²) in [5, 5.41) is 9.63. The number of methoxy groups -OCH3 is 1.